The van der Waals surface area contributed by atoms with E-state index < -0.39 is 10.7 Å². The SMILES string of the molecule is C=NOc1ccc2ccccc2c1[SH](=O)=O. The first-order valence-electron chi connectivity index (χ1n) is 4.53. The highest BCUT2D eigenvalue weighted by atomic mass is 32.2. The quantitative estimate of drug-likeness (QED) is 0.501. The molecule has 5 heteroatoms. The Morgan fingerprint density at radius 1 is 1.12 bits per heavy atom. The molecule has 0 atom stereocenters. The highest BCUT2D eigenvalue weighted by Crippen LogP contribution is 2.29. The molecule has 2 aromatic rings. The lowest BCUT2D eigenvalue weighted by molar-refractivity contribution is 0.337. The number of benzene rings is 2. The number of hydrogen-bond acceptors (Lipinski definition) is 4. The van der Waals surface area contributed by atoms with Gasteiger partial charge in [0, 0.05) is 12.1 Å². The minimum absolute atomic E-state index is 0.139. The molecule has 2 aromatic carbocycles. The first kappa shape index (κ1) is 10.6. The van der Waals surface area contributed by atoms with Crippen molar-refractivity contribution in [2.24, 2.45) is 5.16 Å². The Bertz CT molecular complexity index is 612. The fourth-order valence-electron chi connectivity index (χ4n) is 1.57. The zero-order chi connectivity index (χ0) is 11.5. The molecule has 0 heterocycles. The Kier molecular flexibility index (Phi) is 2.87. The van der Waals surface area contributed by atoms with Crippen molar-refractivity contribution in [1.82, 2.24) is 0 Å². The van der Waals surface area contributed by atoms with E-state index >= 15 is 0 Å². The molecule has 2 rings (SSSR count). The number of thiol groups is 1. The summed E-state index contributed by atoms with van der Waals surface area (Å²) in [7, 11) is -2.74. The van der Waals surface area contributed by atoms with Crippen LogP contribution in [0.5, 0.6) is 5.75 Å². The summed E-state index contributed by atoms with van der Waals surface area (Å²) >= 11 is 0. The van der Waals surface area contributed by atoms with Gasteiger partial charge >= 0.3 is 0 Å². The third kappa shape index (κ3) is 1.77. The summed E-state index contributed by atoms with van der Waals surface area (Å²) < 4.78 is 22.4. The van der Waals surface area contributed by atoms with E-state index in [1.54, 1.807) is 24.3 Å². The van der Waals surface area contributed by atoms with Crippen LogP contribution in [-0.4, -0.2) is 15.1 Å². The standard InChI is InChI=1S/C11H9NO3S/c1-12-15-10-7-6-8-4-2-3-5-9(8)11(10)16(13)14/h2-7,16H,1H2. The maximum absolute atomic E-state index is 11.2. The molecule has 0 saturated heterocycles. The molecule has 0 aliphatic heterocycles. The van der Waals surface area contributed by atoms with Crippen LogP contribution in [0.1, 0.15) is 0 Å². The number of hydrogen-bond donors (Lipinski definition) is 1. The van der Waals surface area contributed by atoms with Gasteiger partial charge in [0.15, 0.2) is 16.5 Å². The van der Waals surface area contributed by atoms with Crippen molar-refractivity contribution >= 4 is 28.2 Å². The fraction of sp³-hybridized carbons (Fsp3) is 0. The summed E-state index contributed by atoms with van der Waals surface area (Å²) in [5, 5.41) is 4.70. The predicted octanol–water partition coefficient (Wildman–Crippen LogP) is 1.80. The molecule has 0 aliphatic rings. The summed E-state index contributed by atoms with van der Waals surface area (Å²) in [5.41, 5.74) is 0. The van der Waals surface area contributed by atoms with Crippen LogP contribution < -0.4 is 4.84 Å². The Labute approximate surface area is 94.1 Å². The van der Waals surface area contributed by atoms with Crippen molar-refractivity contribution in [3.63, 3.8) is 0 Å². The Hall–Kier alpha value is -1.88. The lowest BCUT2D eigenvalue weighted by Crippen LogP contribution is -1.91. The van der Waals surface area contributed by atoms with Crippen LogP contribution in [0.4, 0.5) is 0 Å². The highest BCUT2D eigenvalue weighted by molar-refractivity contribution is 7.72. The topological polar surface area (TPSA) is 55.7 Å². The van der Waals surface area contributed by atoms with E-state index in [-0.39, 0.29) is 10.6 Å². The van der Waals surface area contributed by atoms with Gasteiger partial charge in [-0.3, -0.25) is 0 Å². The summed E-state index contributed by atoms with van der Waals surface area (Å²) in [6, 6.07) is 10.5. The van der Waals surface area contributed by atoms with Crippen molar-refractivity contribution in [2.45, 2.75) is 4.90 Å². The highest BCUT2D eigenvalue weighted by Gasteiger charge is 2.11. The molecular weight excluding hydrogens is 226 g/mol. The number of fused-ring (bicyclic) bond motifs is 1. The summed E-state index contributed by atoms with van der Waals surface area (Å²) in [5.74, 6) is 0.199. The number of rotatable bonds is 3. The molecular formula is C11H9NO3S. The zero-order valence-corrected chi connectivity index (χ0v) is 9.18. The molecule has 0 saturated carbocycles. The lowest BCUT2D eigenvalue weighted by atomic mass is 10.1. The molecule has 0 N–H and O–H groups in total. The zero-order valence-electron chi connectivity index (χ0n) is 8.29. The average molecular weight is 235 g/mol. The molecule has 4 nitrogen and oxygen atoms in total. The molecule has 0 spiro atoms. The molecule has 0 unspecified atom stereocenters. The minimum Gasteiger partial charge on any atom is -0.356 e. The second-order valence-corrected chi connectivity index (χ2v) is 4.07. The molecule has 16 heavy (non-hydrogen) atoms. The first-order valence-corrected chi connectivity index (χ1v) is 5.71. The maximum atomic E-state index is 11.2. The van der Waals surface area contributed by atoms with E-state index in [0.29, 0.717) is 5.39 Å². The minimum atomic E-state index is -2.74. The van der Waals surface area contributed by atoms with Gasteiger partial charge in [-0.2, -0.15) is 0 Å². The van der Waals surface area contributed by atoms with Gasteiger partial charge < -0.3 is 4.84 Å². The van der Waals surface area contributed by atoms with Crippen LogP contribution in [0.2, 0.25) is 0 Å². The lowest BCUT2D eigenvalue weighted by Gasteiger charge is -2.05. The van der Waals surface area contributed by atoms with Crippen LogP contribution in [0.15, 0.2) is 46.4 Å². The second-order valence-electron chi connectivity index (χ2n) is 3.11. The second kappa shape index (κ2) is 4.32. The van der Waals surface area contributed by atoms with E-state index in [9.17, 15) is 8.42 Å². The third-order valence-electron chi connectivity index (χ3n) is 2.21. The predicted molar refractivity (Wildman–Crippen MR) is 62.7 cm³/mol. The molecule has 0 aromatic heterocycles. The van der Waals surface area contributed by atoms with Crippen molar-refractivity contribution in [1.29, 1.82) is 0 Å². The van der Waals surface area contributed by atoms with Gasteiger partial charge in [0.05, 0.1) is 0 Å². The smallest absolute Gasteiger partial charge is 0.176 e. The van der Waals surface area contributed by atoms with Crippen LogP contribution in [0, 0.1) is 0 Å². The van der Waals surface area contributed by atoms with Gasteiger partial charge in [-0.15, -0.1) is 0 Å². The summed E-state index contributed by atoms with van der Waals surface area (Å²) in [6.07, 6.45) is 0. The fourth-order valence-corrected chi connectivity index (χ4v) is 2.26. The molecule has 0 amide bonds. The van der Waals surface area contributed by atoms with Crippen molar-refractivity contribution in [3.05, 3.63) is 36.4 Å². The molecule has 0 fully saturated rings. The molecule has 82 valence electrons. The van der Waals surface area contributed by atoms with Crippen molar-refractivity contribution in [2.75, 3.05) is 0 Å². The van der Waals surface area contributed by atoms with E-state index in [4.69, 9.17) is 4.84 Å². The number of oxime groups is 1. The number of nitrogens with zero attached hydrogens (tertiary/aromatic N) is 1. The largest absolute Gasteiger partial charge is 0.356 e. The van der Waals surface area contributed by atoms with Crippen LogP contribution in [-0.2, 0) is 10.7 Å². The van der Waals surface area contributed by atoms with E-state index in [2.05, 4.69) is 11.9 Å². The molecule has 0 aliphatic carbocycles. The van der Waals surface area contributed by atoms with E-state index in [0.717, 1.165) is 5.39 Å². The van der Waals surface area contributed by atoms with Gasteiger partial charge in [0.2, 0.25) is 0 Å². The maximum Gasteiger partial charge on any atom is 0.176 e. The van der Waals surface area contributed by atoms with Gasteiger partial charge in [0.25, 0.3) is 0 Å². The van der Waals surface area contributed by atoms with Gasteiger partial charge in [-0.25, -0.2) is 8.42 Å². The van der Waals surface area contributed by atoms with Gasteiger partial charge in [-0.05, 0) is 11.5 Å². The van der Waals surface area contributed by atoms with E-state index in [1.807, 2.05) is 12.1 Å². The van der Waals surface area contributed by atoms with Crippen LogP contribution in [0.3, 0.4) is 0 Å². The van der Waals surface area contributed by atoms with E-state index in [1.165, 1.54) is 0 Å². The average Bonchev–Trinajstić information content (AvgIpc) is 2.28. The molecule has 0 bridgehead atoms. The van der Waals surface area contributed by atoms with Crippen LogP contribution in [0.25, 0.3) is 10.8 Å². The summed E-state index contributed by atoms with van der Waals surface area (Å²) in [6.45, 7) is 3.17. The Morgan fingerprint density at radius 3 is 2.56 bits per heavy atom. The van der Waals surface area contributed by atoms with Crippen molar-refractivity contribution in [3.8, 4) is 5.75 Å². The third-order valence-corrected chi connectivity index (χ3v) is 3.04. The van der Waals surface area contributed by atoms with Gasteiger partial charge in [0.1, 0.15) is 4.90 Å². The normalized spacial score (nSPS) is 10.6. The van der Waals surface area contributed by atoms with Crippen LogP contribution >= 0.6 is 0 Å². The summed E-state index contributed by atoms with van der Waals surface area (Å²) in [4.78, 5) is 4.98. The Morgan fingerprint density at radius 2 is 1.88 bits per heavy atom. The monoisotopic (exact) mass is 235 g/mol. The first-order chi connectivity index (χ1) is 7.74. The molecule has 0 radical (unpaired) electrons. The van der Waals surface area contributed by atoms with Gasteiger partial charge in [-0.1, -0.05) is 35.5 Å². The van der Waals surface area contributed by atoms with Crippen molar-refractivity contribution < 1.29 is 13.3 Å². The Balaban J connectivity index is 2.83.